The number of likely N-dealkylation sites (N-methyl/N-ethyl adjacent to an activating group) is 1. The number of nitrogens with zero attached hydrogens (tertiary/aromatic N) is 2. The first-order valence-electron chi connectivity index (χ1n) is 11.9. The standard InChI is InChI=1S/C28H32ClN3O4S/c1-20-10-13-25(14-11-20)37(35,36)32(26-15-12-24(29)18-21(26)2)19-27(33)31(22(3)28(34)30-4)17-16-23-8-6-5-7-9-23/h5-15,18,22H,16-17,19H2,1-4H3,(H,30,34)/t22-/m0/s1. The maximum atomic E-state index is 13.8. The highest BCUT2D eigenvalue weighted by molar-refractivity contribution is 7.92. The summed E-state index contributed by atoms with van der Waals surface area (Å²) in [6.45, 7) is 5.01. The number of rotatable bonds is 10. The van der Waals surface area contributed by atoms with E-state index in [2.05, 4.69) is 5.32 Å². The highest BCUT2D eigenvalue weighted by atomic mass is 35.5. The first-order valence-corrected chi connectivity index (χ1v) is 13.8. The van der Waals surface area contributed by atoms with Crippen LogP contribution in [-0.4, -0.2) is 51.3 Å². The van der Waals surface area contributed by atoms with E-state index >= 15 is 0 Å². The summed E-state index contributed by atoms with van der Waals surface area (Å²) in [7, 11) is -2.61. The highest BCUT2D eigenvalue weighted by Crippen LogP contribution is 2.29. The average Bonchev–Trinajstić information content (AvgIpc) is 2.88. The van der Waals surface area contributed by atoms with E-state index in [0.29, 0.717) is 22.7 Å². The molecule has 0 aliphatic carbocycles. The lowest BCUT2D eigenvalue weighted by atomic mass is 10.1. The van der Waals surface area contributed by atoms with Gasteiger partial charge in [-0.15, -0.1) is 0 Å². The molecule has 0 spiro atoms. The Hall–Kier alpha value is -3.36. The molecule has 0 aromatic heterocycles. The number of anilines is 1. The Balaban J connectivity index is 2.01. The molecule has 0 fully saturated rings. The molecule has 3 rings (SSSR count). The topological polar surface area (TPSA) is 86.8 Å². The summed E-state index contributed by atoms with van der Waals surface area (Å²) >= 11 is 6.13. The van der Waals surface area contributed by atoms with Crippen molar-refractivity contribution in [2.45, 2.75) is 38.1 Å². The van der Waals surface area contributed by atoms with Gasteiger partial charge in [0, 0.05) is 18.6 Å². The molecule has 196 valence electrons. The Morgan fingerprint density at radius 1 is 0.973 bits per heavy atom. The molecule has 0 aliphatic rings. The zero-order valence-electron chi connectivity index (χ0n) is 21.4. The van der Waals surface area contributed by atoms with Crippen molar-refractivity contribution in [2.24, 2.45) is 0 Å². The van der Waals surface area contributed by atoms with Crippen molar-refractivity contribution in [3.05, 3.63) is 94.5 Å². The van der Waals surface area contributed by atoms with E-state index < -0.39 is 28.5 Å². The van der Waals surface area contributed by atoms with Crippen LogP contribution in [0, 0.1) is 13.8 Å². The molecular weight excluding hydrogens is 510 g/mol. The van der Waals surface area contributed by atoms with E-state index in [1.165, 1.54) is 24.1 Å². The van der Waals surface area contributed by atoms with Crippen LogP contribution >= 0.6 is 11.6 Å². The number of aryl methyl sites for hydroxylation is 2. The van der Waals surface area contributed by atoms with E-state index in [9.17, 15) is 18.0 Å². The van der Waals surface area contributed by atoms with Crippen LogP contribution in [0.1, 0.15) is 23.6 Å². The number of benzene rings is 3. The molecule has 0 saturated carbocycles. The van der Waals surface area contributed by atoms with Crippen molar-refractivity contribution in [3.63, 3.8) is 0 Å². The van der Waals surface area contributed by atoms with Crippen LogP contribution in [-0.2, 0) is 26.0 Å². The lowest BCUT2D eigenvalue weighted by molar-refractivity contribution is -0.138. The van der Waals surface area contributed by atoms with Gasteiger partial charge in [0.2, 0.25) is 11.8 Å². The number of sulfonamides is 1. The summed E-state index contributed by atoms with van der Waals surface area (Å²) < 4.78 is 28.7. The third-order valence-corrected chi connectivity index (χ3v) is 8.22. The minimum Gasteiger partial charge on any atom is -0.357 e. The zero-order valence-corrected chi connectivity index (χ0v) is 23.0. The molecule has 0 saturated heterocycles. The van der Waals surface area contributed by atoms with Gasteiger partial charge in [-0.2, -0.15) is 0 Å². The number of halogens is 1. The molecule has 2 amide bonds. The Morgan fingerprint density at radius 2 is 1.62 bits per heavy atom. The quantitative estimate of drug-likeness (QED) is 0.413. The second-order valence-electron chi connectivity index (χ2n) is 8.87. The predicted octanol–water partition coefficient (Wildman–Crippen LogP) is 4.36. The minimum atomic E-state index is -4.11. The van der Waals surface area contributed by atoms with E-state index in [0.717, 1.165) is 15.4 Å². The summed E-state index contributed by atoms with van der Waals surface area (Å²) in [6, 6.07) is 20.1. The summed E-state index contributed by atoms with van der Waals surface area (Å²) in [4.78, 5) is 27.7. The molecule has 0 unspecified atom stereocenters. The number of hydrogen-bond acceptors (Lipinski definition) is 4. The van der Waals surface area contributed by atoms with Crippen LogP contribution < -0.4 is 9.62 Å². The van der Waals surface area contributed by atoms with Gasteiger partial charge in [0.15, 0.2) is 0 Å². The smallest absolute Gasteiger partial charge is 0.264 e. The maximum absolute atomic E-state index is 13.8. The molecule has 0 radical (unpaired) electrons. The SMILES string of the molecule is CNC(=O)[C@H](C)N(CCc1ccccc1)C(=O)CN(c1ccc(Cl)cc1C)S(=O)(=O)c1ccc(C)cc1. The van der Waals surface area contributed by atoms with E-state index in [-0.39, 0.29) is 17.3 Å². The summed E-state index contributed by atoms with van der Waals surface area (Å²) in [6.07, 6.45) is 0.512. The first kappa shape index (κ1) is 28.2. The van der Waals surface area contributed by atoms with Gasteiger partial charge in [-0.3, -0.25) is 13.9 Å². The monoisotopic (exact) mass is 541 g/mol. The third kappa shape index (κ3) is 6.90. The molecule has 0 heterocycles. The molecule has 9 heteroatoms. The number of carbonyl (C=O) groups is 2. The Kier molecular flexibility index (Phi) is 9.34. The van der Waals surface area contributed by atoms with Gasteiger partial charge in [0.05, 0.1) is 10.6 Å². The molecule has 1 atom stereocenters. The van der Waals surface area contributed by atoms with Crippen LogP contribution in [0.4, 0.5) is 5.69 Å². The van der Waals surface area contributed by atoms with Gasteiger partial charge in [-0.1, -0.05) is 59.6 Å². The summed E-state index contributed by atoms with van der Waals surface area (Å²) in [5.41, 5.74) is 2.86. The predicted molar refractivity (Wildman–Crippen MR) is 147 cm³/mol. The molecule has 0 bridgehead atoms. The fourth-order valence-electron chi connectivity index (χ4n) is 4.03. The number of amides is 2. The van der Waals surface area contributed by atoms with Crippen molar-refractivity contribution < 1.29 is 18.0 Å². The summed E-state index contributed by atoms with van der Waals surface area (Å²) in [5, 5.41) is 3.04. The normalized spacial score (nSPS) is 12.0. The lowest BCUT2D eigenvalue weighted by Crippen LogP contribution is -2.51. The van der Waals surface area contributed by atoms with Crippen LogP contribution in [0.3, 0.4) is 0 Å². The lowest BCUT2D eigenvalue weighted by Gasteiger charge is -2.32. The van der Waals surface area contributed by atoms with Gasteiger partial charge >= 0.3 is 0 Å². The second kappa shape index (κ2) is 12.3. The maximum Gasteiger partial charge on any atom is 0.264 e. The number of carbonyl (C=O) groups excluding carboxylic acids is 2. The largest absolute Gasteiger partial charge is 0.357 e. The van der Waals surface area contributed by atoms with Crippen LogP contribution in [0.15, 0.2) is 77.7 Å². The van der Waals surface area contributed by atoms with E-state index in [1.807, 2.05) is 37.3 Å². The fraction of sp³-hybridized carbons (Fsp3) is 0.286. The number of hydrogen-bond donors (Lipinski definition) is 1. The summed E-state index contributed by atoms with van der Waals surface area (Å²) in [5.74, 6) is -0.825. The molecule has 3 aromatic carbocycles. The van der Waals surface area contributed by atoms with Gasteiger partial charge < -0.3 is 10.2 Å². The highest BCUT2D eigenvalue weighted by Gasteiger charge is 2.32. The van der Waals surface area contributed by atoms with Crippen LogP contribution in [0.2, 0.25) is 5.02 Å². The molecule has 1 N–H and O–H groups in total. The van der Waals surface area contributed by atoms with Gasteiger partial charge in [0.1, 0.15) is 12.6 Å². The minimum absolute atomic E-state index is 0.0652. The fourth-order valence-corrected chi connectivity index (χ4v) is 5.73. The van der Waals surface area contributed by atoms with Crippen LogP contribution in [0.25, 0.3) is 0 Å². The van der Waals surface area contributed by atoms with Gasteiger partial charge in [-0.05, 0) is 68.7 Å². The molecule has 3 aromatic rings. The van der Waals surface area contributed by atoms with Gasteiger partial charge in [0.25, 0.3) is 10.0 Å². The van der Waals surface area contributed by atoms with E-state index in [4.69, 9.17) is 11.6 Å². The second-order valence-corrected chi connectivity index (χ2v) is 11.2. The van der Waals surface area contributed by atoms with E-state index in [1.54, 1.807) is 44.2 Å². The van der Waals surface area contributed by atoms with Crippen LogP contribution in [0.5, 0.6) is 0 Å². The Bertz CT molecular complexity index is 1350. The zero-order chi connectivity index (χ0) is 27.2. The Morgan fingerprint density at radius 3 is 2.22 bits per heavy atom. The molecule has 7 nitrogen and oxygen atoms in total. The molecule has 0 aliphatic heterocycles. The Labute approximate surface area is 224 Å². The first-order chi connectivity index (χ1) is 17.5. The molecule has 37 heavy (non-hydrogen) atoms. The third-order valence-electron chi connectivity index (χ3n) is 6.21. The van der Waals surface area contributed by atoms with Gasteiger partial charge in [-0.25, -0.2) is 8.42 Å². The van der Waals surface area contributed by atoms with Crippen molar-refractivity contribution in [3.8, 4) is 0 Å². The van der Waals surface area contributed by atoms with Crippen molar-refractivity contribution in [1.82, 2.24) is 10.2 Å². The van der Waals surface area contributed by atoms with Crippen molar-refractivity contribution >= 4 is 39.1 Å². The average molecular weight is 542 g/mol. The number of nitrogens with one attached hydrogen (secondary N) is 1. The van der Waals surface area contributed by atoms with Crippen molar-refractivity contribution in [1.29, 1.82) is 0 Å². The van der Waals surface area contributed by atoms with Crippen molar-refractivity contribution in [2.75, 3.05) is 24.4 Å². The molecular formula is C28H32ClN3O4S.